The van der Waals surface area contributed by atoms with Gasteiger partial charge in [-0.3, -0.25) is 5.32 Å². The Labute approximate surface area is 218 Å². The Morgan fingerprint density at radius 2 is 1.81 bits per heavy atom. The minimum absolute atomic E-state index is 0.128. The van der Waals surface area contributed by atoms with Crippen LogP contribution in [-0.4, -0.2) is 42.9 Å². The van der Waals surface area contributed by atoms with Crippen LogP contribution in [0.2, 0.25) is 0 Å². The molecule has 1 unspecified atom stereocenters. The van der Waals surface area contributed by atoms with Crippen molar-refractivity contribution in [1.82, 2.24) is 4.57 Å². The van der Waals surface area contributed by atoms with Gasteiger partial charge in [-0.15, -0.1) is 0 Å². The van der Waals surface area contributed by atoms with Gasteiger partial charge in [0.2, 0.25) is 0 Å². The van der Waals surface area contributed by atoms with Crippen LogP contribution in [0.5, 0.6) is 5.75 Å². The Kier molecular flexibility index (Phi) is 7.05. The Bertz CT molecular complexity index is 1250. The maximum Gasteiger partial charge on any atom is 0.411 e. The molecule has 1 saturated carbocycles. The van der Waals surface area contributed by atoms with E-state index >= 15 is 0 Å². The normalized spacial score (nSPS) is 17.8. The quantitative estimate of drug-likeness (QED) is 0.403. The second-order valence-corrected chi connectivity index (χ2v) is 11.1. The maximum atomic E-state index is 12.4. The summed E-state index contributed by atoms with van der Waals surface area (Å²) in [6.45, 7) is 9.34. The van der Waals surface area contributed by atoms with Gasteiger partial charge in [0.1, 0.15) is 24.8 Å². The van der Waals surface area contributed by atoms with Crippen LogP contribution in [0.3, 0.4) is 0 Å². The number of ether oxygens (including phenoxy) is 4. The van der Waals surface area contributed by atoms with Crippen LogP contribution in [-0.2, 0) is 14.2 Å². The summed E-state index contributed by atoms with van der Waals surface area (Å²) < 4.78 is 24.7. The van der Waals surface area contributed by atoms with E-state index in [2.05, 4.69) is 16.0 Å². The number of hydrogen-bond acceptors (Lipinski definition) is 6. The predicted octanol–water partition coefficient (Wildman–Crippen LogP) is 6.35. The van der Waals surface area contributed by atoms with Gasteiger partial charge in [0.25, 0.3) is 0 Å². The Morgan fingerprint density at radius 3 is 2.43 bits per heavy atom. The van der Waals surface area contributed by atoms with Crippen molar-refractivity contribution in [2.45, 2.75) is 65.2 Å². The summed E-state index contributed by atoms with van der Waals surface area (Å²) in [7, 11) is 0. The van der Waals surface area contributed by atoms with E-state index in [1.165, 1.54) is 6.42 Å². The summed E-state index contributed by atoms with van der Waals surface area (Å²) in [4.78, 5) is 12.4. The SMILES string of the molecule is CC(OC(=O)Nc1ccc(-c2c(N)c3cc(OC4COCOC4)ccc3n2C2CCC2)cc1)C(C)(C)C. The number of rotatable bonds is 6. The molecule has 0 spiro atoms. The number of amides is 1. The van der Waals surface area contributed by atoms with Gasteiger partial charge in [-0.05, 0) is 61.9 Å². The molecule has 3 N–H and O–H groups in total. The second-order valence-electron chi connectivity index (χ2n) is 11.1. The van der Waals surface area contributed by atoms with Gasteiger partial charge < -0.3 is 29.2 Å². The van der Waals surface area contributed by atoms with E-state index in [-0.39, 0.29) is 17.6 Å². The molecule has 2 fully saturated rings. The van der Waals surface area contributed by atoms with Gasteiger partial charge >= 0.3 is 6.09 Å². The lowest BCUT2D eigenvalue weighted by molar-refractivity contribution is -0.143. The topological polar surface area (TPSA) is 97.0 Å². The van der Waals surface area contributed by atoms with Gasteiger partial charge in [0.15, 0.2) is 0 Å². The van der Waals surface area contributed by atoms with E-state index in [4.69, 9.17) is 24.7 Å². The van der Waals surface area contributed by atoms with Crippen molar-refractivity contribution >= 4 is 28.4 Å². The molecule has 2 aliphatic rings. The van der Waals surface area contributed by atoms with E-state index in [0.717, 1.165) is 46.4 Å². The maximum absolute atomic E-state index is 12.4. The van der Waals surface area contributed by atoms with Gasteiger partial charge in [-0.2, -0.15) is 0 Å². The zero-order valence-electron chi connectivity index (χ0n) is 22.1. The first-order chi connectivity index (χ1) is 17.7. The second kappa shape index (κ2) is 10.3. The summed E-state index contributed by atoms with van der Waals surface area (Å²) >= 11 is 0. The minimum Gasteiger partial charge on any atom is -0.486 e. The molecule has 1 aliphatic heterocycles. The highest BCUT2D eigenvalue weighted by Crippen LogP contribution is 2.45. The Hall–Kier alpha value is -3.23. The van der Waals surface area contributed by atoms with Crippen LogP contribution in [0.15, 0.2) is 42.5 Å². The first-order valence-corrected chi connectivity index (χ1v) is 13.0. The molecule has 198 valence electrons. The molecule has 37 heavy (non-hydrogen) atoms. The molecule has 1 aromatic heterocycles. The number of nitrogen functional groups attached to an aromatic ring is 1. The minimum atomic E-state index is -0.459. The van der Waals surface area contributed by atoms with Crippen LogP contribution < -0.4 is 15.8 Å². The van der Waals surface area contributed by atoms with E-state index in [0.29, 0.717) is 31.7 Å². The molecular formula is C29H37N3O5. The molecule has 0 radical (unpaired) electrons. The molecule has 2 aromatic carbocycles. The van der Waals surface area contributed by atoms with Crippen molar-refractivity contribution < 1.29 is 23.7 Å². The molecular weight excluding hydrogens is 470 g/mol. The first kappa shape index (κ1) is 25.4. The number of carbonyl (C=O) groups excluding carboxylic acids is 1. The summed E-state index contributed by atoms with van der Waals surface area (Å²) in [6.07, 6.45) is 2.66. The molecule has 5 rings (SSSR count). The van der Waals surface area contributed by atoms with Crippen LogP contribution in [0, 0.1) is 5.41 Å². The van der Waals surface area contributed by atoms with Gasteiger partial charge in [0, 0.05) is 22.7 Å². The lowest BCUT2D eigenvalue weighted by Gasteiger charge is -2.30. The monoisotopic (exact) mass is 507 g/mol. The smallest absolute Gasteiger partial charge is 0.411 e. The fourth-order valence-electron chi connectivity index (χ4n) is 4.63. The molecule has 1 atom stereocenters. The number of benzene rings is 2. The van der Waals surface area contributed by atoms with E-state index in [1.54, 1.807) is 0 Å². The number of fused-ring (bicyclic) bond motifs is 1. The van der Waals surface area contributed by atoms with Crippen LogP contribution in [0.1, 0.15) is 53.0 Å². The molecule has 8 heteroatoms. The van der Waals surface area contributed by atoms with Crippen molar-refractivity contribution in [3.63, 3.8) is 0 Å². The van der Waals surface area contributed by atoms with Crippen molar-refractivity contribution in [3.05, 3.63) is 42.5 Å². The van der Waals surface area contributed by atoms with E-state index in [9.17, 15) is 4.79 Å². The molecule has 1 aliphatic carbocycles. The highest BCUT2D eigenvalue weighted by Gasteiger charge is 2.28. The number of nitrogens with zero attached hydrogens (tertiary/aromatic N) is 1. The zero-order valence-corrected chi connectivity index (χ0v) is 22.1. The molecule has 0 bridgehead atoms. The highest BCUT2D eigenvalue weighted by molar-refractivity contribution is 6.02. The average molecular weight is 508 g/mol. The third-order valence-electron chi connectivity index (χ3n) is 7.44. The number of aromatic nitrogens is 1. The fraction of sp³-hybridized carbons (Fsp3) is 0.483. The largest absolute Gasteiger partial charge is 0.486 e. The summed E-state index contributed by atoms with van der Waals surface area (Å²) in [5.74, 6) is 0.748. The average Bonchev–Trinajstić information content (AvgIpc) is 3.10. The molecule has 1 saturated heterocycles. The highest BCUT2D eigenvalue weighted by atomic mass is 16.7. The number of nitrogens with two attached hydrogens (primary N) is 1. The molecule has 3 aromatic rings. The van der Waals surface area contributed by atoms with Crippen molar-refractivity contribution in [2.24, 2.45) is 5.41 Å². The summed E-state index contributed by atoms with van der Waals surface area (Å²) in [5, 5.41) is 3.81. The first-order valence-electron chi connectivity index (χ1n) is 13.0. The number of anilines is 2. The number of carbonyl (C=O) groups is 1. The van der Waals surface area contributed by atoms with Gasteiger partial charge in [-0.1, -0.05) is 32.9 Å². The van der Waals surface area contributed by atoms with Crippen molar-refractivity contribution in [2.75, 3.05) is 31.1 Å². The Balaban J connectivity index is 1.41. The lowest BCUT2D eigenvalue weighted by Crippen LogP contribution is -2.33. The van der Waals surface area contributed by atoms with Crippen LogP contribution in [0.4, 0.5) is 16.2 Å². The molecule has 8 nitrogen and oxygen atoms in total. The molecule has 2 heterocycles. The third-order valence-corrected chi connectivity index (χ3v) is 7.44. The van der Waals surface area contributed by atoms with Crippen molar-refractivity contribution in [3.8, 4) is 17.0 Å². The van der Waals surface area contributed by atoms with Crippen LogP contribution >= 0.6 is 0 Å². The summed E-state index contributed by atoms with van der Waals surface area (Å²) in [5.41, 5.74) is 11.2. The lowest BCUT2D eigenvalue weighted by atomic mass is 9.90. The third kappa shape index (κ3) is 5.40. The number of nitrogens with one attached hydrogen (secondary N) is 1. The van der Waals surface area contributed by atoms with Gasteiger partial charge in [0.05, 0.1) is 30.1 Å². The predicted molar refractivity (Wildman–Crippen MR) is 145 cm³/mol. The Morgan fingerprint density at radius 1 is 1.11 bits per heavy atom. The fourth-order valence-corrected chi connectivity index (χ4v) is 4.63. The van der Waals surface area contributed by atoms with Gasteiger partial charge in [-0.25, -0.2) is 4.79 Å². The summed E-state index contributed by atoms with van der Waals surface area (Å²) in [6, 6.07) is 14.3. The van der Waals surface area contributed by atoms with E-state index in [1.807, 2.05) is 64.1 Å². The van der Waals surface area contributed by atoms with E-state index < -0.39 is 6.09 Å². The molecule has 1 amide bonds. The zero-order chi connectivity index (χ0) is 26.2. The standard InChI is InChI=1S/C29H37N3O5/c1-18(29(2,3)4)36-28(33)31-20-10-8-19(9-11-20)27-26(30)24-14-22(37-23-15-34-17-35-16-23)12-13-25(24)32(27)21-6-5-7-21/h8-14,18,21,23H,5-7,15-17,30H2,1-4H3,(H,31,33). The van der Waals surface area contributed by atoms with Crippen LogP contribution in [0.25, 0.3) is 22.2 Å². The van der Waals surface area contributed by atoms with Crippen molar-refractivity contribution in [1.29, 1.82) is 0 Å². The number of hydrogen-bond donors (Lipinski definition) is 2.